The summed E-state index contributed by atoms with van der Waals surface area (Å²) < 4.78 is 0. The SMILES string of the molecule is CC(C)(C)CN(Cc1ccc(O)cc1)C(=N)Sc1ccc2ccccc2c1. The third-order valence-corrected chi connectivity index (χ3v) is 5.14. The van der Waals surface area contributed by atoms with E-state index in [1.807, 2.05) is 24.3 Å². The molecule has 0 atom stereocenters. The summed E-state index contributed by atoms with van der Waals surface area (Å²) in [4.78, 5) is 3.18. The first-order chi connectivity index (χ1) is 12.8. The molecule has 0 aliphatic carbocycles. The van der Waals surface area contributed by atoms with Crippen LogP contribution in [0.3, 0.4) is 0 Å². The summed E-state index contributed by atoms with van der Waals surface area (Å²) in [6.07, 6.45) is 0. The lowest BCUT2D eigenvalue weighted by Gasteiger charge is -2.31. The average molecular weight is 379 g/mol. The molecule has 3 aromatic carbocycles. The quantitative estimate of drug-likeness (QED) is 0.326. The van der Waals surface area contributed by atoms with Crippen molar-refractivity contribution in [3.63, 3.8) is 0 Å². The lowest BCUT2D eigenvalue weighted by molar-refractivity contribution is 0.272. The van der Waals surface area contributed by atoms with Gasteiger partial charge in [0.05, 0.1) is 0 Å². The first-order valence-corrected chi connectivity index (χ1v) is 9.90. The lowest BCUT2D eigenvalue weighted by Crippen LogP contribution is -2.35. The zero-order valence-electron chi connectivity index (χ0n) is 16.1. The van der Waals surface area contributed by atoms with Crippen LogP contribution in [0.2, 0.25) is 0 Å². The number of benzene rings is 3. The molecule has 0 aliphatic rings. The molecule has 27 heavy (non-hydrogen) atoms. The third kappa shape index (κ3) is 5.51. The highest BCUT2D eigenvalue weighted by atomic mass is 32.2. The number of fused-ring (bicyclic) bond motifs is 1. The number of phenols is 1. The largest absolute Gasteiger partial charge is 0.508 e. The summed E-state index contributed by atoms with van der Waals surface area (Å²) in [6, 6.07) is 21.9. The molecule has 2 N–H and O–H groups in total. The number of nitrogens with zero attached hydrogens (tertiary/aromatic N) is 1. The van der Waals surface area contributed by atoms with E-state index in [9.17, 15) is 5.11 Å². The normalized spacial score (nSPS) is 11.5. The van der Waals surface area contributed by atoms with E-state index in [0.29, 0.717) is 11.7 Å². The Labute approximate surface area is 165 Å². The van der Waals surface area contributed by atoms with Crippen LogP contribution < -0.4 is 0 Å². The minimum absolute atomic E-state index is 0.0766. The van der Waals surface area contributed by atoms with Gasteiger partial charge in [0.2, 0.25) is 0 Å². The summed E-state index contributed by atoms with van der Waals surface area (Å²) in [5.74, 6) is 0.265. The van der Waals surface area contributed by atoms with Crippen molar-refractivity contribution in [2.45, 2.75) is 32.2 Å². The average Bonchev–Trinajstić information content (AvgIpc) is 2.62. The van der Waals surface area contributed by atoms with Crippen molar-refractivity contribution in [2.75, 3.05) is 6.54 Å². The van der Waals surface area contributed by atoms with Gasteiger partial charge in [-0.15, -0.1) is 0 Å². The third-order valence-electron chi connectivity index (χ3n) is 4.20. The second kappa shape index (κ2) is 8.05. The Morgan fingerprint density at radius 2 is 1.63 bits per heavy atom. The van der Waals surface area contributed by atoms with Crippen LogP contribution in [0.5, 0.6) is 5.75 Å². The van der Waals surface area contributed by atoms with Gasteiger partial charge in [-0.2, -0.15) is 0 Å². The predicted octanol–water partition coefficient (Wildman–Crippen LogP) is 6.12. The van der Waals surface area contributed by atoms with E-state index < -0.39 is 0 Å². The van der Waals surface area contributed by atoms with Crippen LogP contribution in [0.15, 0.2) is 71.6 Å². The molecule has 140 valence electrons. The summed E-state index contributed by atoms with van der Waals surface area (Å²) in [7, 11) is 0. The molecule has 3 aromatic rings. The smallest absolute Gasteiger partial charge is 0.161 e. The van der Waals surface area contributed by atoms with Gasteiger partial charge in [-0.3, -0.25) is 5.41 Å². The molecule has 0 saturated heterocycles. The Kier molecular flexibility index (Phi) is 5.76. The minimum atomic E-state index is 0.0766. The molecule has 0 heterocycles. The molecule has 0 aromatic heterocycles. The Hall–Kier alpha value is -2.46. The van der Waals surface area contributed by atoms with E-state index >= 15 is 0 Å². The fourth-order valence-electron chi connectivity index (χ4n) is 3.00. The maximum absolute atomic E-state index is 9.51. The van der Waals surface area contributed by atoms with Crippen molar-refractivity contribution in [1.82, 2.24) is 4.90 Å². The van der Waals surface area contributed by atoms with Crippen molar-refractivity contribution >= 4 is 27.7 Å². The van der Waals surface area contributed by atoms with E-state index in [1.165, 1.54) is 22.5 Å². The number of aromatic hydroxyl groups is 1. The number of rotatable bonds is 4. The van der Waals surface area contributed by atoms with Crippen LogP contribution >= 0.6 is 11.8 Å². The van der Waals surface area contributed by atoms with Crippen molar-refractivity contribution in [1.29, 1.82) is 5.41 Å². The molecule has 0 amide bonds. The first kappa shape index (κ1) is 19.3. The first-order valence-electron chi connectivity index (χ1n) is 9.08. The van der Waals surface area contributed by atoms with Gasteiger partial charge in [-0.1, -0.05) is 75.0 Å². The lowest BCUT2D eigenvalue weighted by atomic mass is 9.96. The summed E-state index contributed by atoms with van der Waals surface area (Å²) in [6.45, 7) is 7.99. The van der Waals surface area contributed by atoms with E-state index in [2.05, 4.69) is 56.0 Å². The highest BCUT2D eigenvalue weighted by molar-refractivity contribution is 8.13. The molecule has 0 bridgehead atoms. The fourth-order valence-corrected chi connectivity index (χ4v) is 3.80. The molecule has 0 fully saturated rings. The highest BCUT2D eigenvalue weighted by Gasteiger charge is 2.20. The standard InChI is InChI=1S/C23H26N2OS/c1-23(2,3)16-25(15-17-8-11-20(26)12-9-17)22(24)27-21-13-10-18-6-4-5-7-19(18)14-21/h4-14,24,26H,15-16H2,1-3H3. The Morgan fingerprint density at radius 3 is 2.30 bits per heavy atom. The highest BCUT2D eigenvalue weighted by Crippen LogP contribution is 2.28. The van der Waals surface area contributed by atoms with E-state index in [1.54, 1.807) is 12.1 Å². The Morgan fingerprint density at radius 1 is 0.963 bits per heavy atom. The van der Waals surface area contributed by atoms with Crippen LogP contribution in [-0.4, -0.2) is 21.7 Å². The van der Waals surface area contributed by atoms with Gasteiger partial charge in [0, 0.05) is 18.0 Å². The van der Waals surface area contributed by atoms with Crippen LogP contribution in [-0.2, 0) is 6.54 Å². The number of thioether (sulfide) groups is 1. The topological polar surface area (TPSA) is 47.3 Å². The van der Waals surface area contributed by atoms with E-state index in [-0.39, 0.29) is 11.2 Å². The van der Waals surface area contributed by atoms with Gasteiger partial charge < -0.3 is 10.0 Å². The van der Waals surface area contributed by atoms with E-state index in [4.69, 9.17) is 5.41 Å². The Bertz CT molecular complexity index is 929. The van der Waals surface area contributed by atoms with Crippen molar-refractivity contribution < 1.29 is 5.11 Å². The molecule has 0 unspecified atom stereocenters. The molecular weight excluding hydrogens is 352 g/mol. The number of hydrogen-bond donors (Lipinski definition) is 2. The van der Waals surface area contributed by atoms with Crippen molar-refractivity contribution in [3.8, 4) is 5.75 Å². The van der Waals surface area contributed by atoms with Gasteiger partial charge in [0.25, 0.3) is 0 Å². The molecular formula is C23H26N2OS. The monoisotopic (exact) mass is 378 g/mol. The molecule has 0 saturated carbocycles. The molecule has 0 spiro atoms. The number of amidine groups is 1. The Balaban J connectivity index is 1.79. The fraction of sp³-hybridized carbons (Fsp3) is 0.261. The number of phenolic OH excluding ortho intramolecular Hbond substituents is 1. The molecule has 3 nitrogen and oxygen atoms in total. The van der Waals surface area contributed by atoms with Crippen molar-refractivity contribution in [2.24, 2.45) is 5.41 Å². The van der Waals surface area contributed by atoms with Crippen LogP contribution in [0.1, 0.15) is 26.3 Å². The zero-order chi connectivity index (χ0) is 19.4. The zero-order valence-corrected chi connectivity index (χ0v) is 16.9. The van der Waals surface area contributed by atoms with Crippen molar-refractivity contribution in [3.05, 3.63) is 72.3 Å². The van der Waals surface area contributed by atoms with Crippen LogP contribution in [0.4, 0.5) is 0 Å². The summed E-state index contributed by atoms with van der Waals surface area (Å²) in [5.41, 5.74) is 1.16. The maximum Gasteiger partial charge on any atom is 0.161 e. The number of nitrogens with one attached hydrogen (secondary N) is 1. The van der Waals surface area contributed by atoms with Gasteiger partial charge in [0.1, 0.15) is 5.75 Å². The summed E-state index contributed by atoms with van der Waals surface area (Å²) >= 11 is 1.49. The predicted molar refractivity (Wildman–Crippen MR) is 116 cm³/mol. The second-order valence-electron chi connectivity index (χ2n) is 8.00. The summed E-state index contributed by atoms with van der Waals surface area (Å²) in [5, 5.41) is 21.1. The molecule has 0 radical (unpaired) electrons. The van der Waals surface area contributed by atoms with Gasteiger partial charge in [0.15, 0.2) is 5.17 Å². The maximum atomic E-state index is 9.51. The van der Waals surface area contributed by atoms with Gasteiger partial charge in [-0.25, -0.2) is 0 Å². The van der Waals surface area contributed by atoms with Crippen LogP contribution in [0, 0.1) is 10.8 Å². The van der Waals surface area contributed by atoms with Gasteiger partial charge >= 0.3 is 0 Å². The van der Waals surface area contributed by atoms with E-state index in [0.717, 1.165) is 17.0 Å². The molecule has 4 heteroatoms. The minimum Gasteiger partial charge on any atom is -0.508 e. The van der Waals surface area contributed by atoms with Crippen LogP contribution in [0.25, 0.3) is 10.8 Å². The molecule has 3 rings (SSSR count). The second-order valence-corrected chi connectivity index (χ2v) is 9.06. The van der Waals surface area contributed by atoms with Gasteiger partial charge in [-0.05, 0) is 46.0 Å². The number of hydrogen-bond acceptors (Lipinski definition) is 3. The molecule has 0 aliphatic heterocycles.